The number of aliphatic carboxylic acids is 1. The largest absolute Gasteiger partial charge is 0.548 e. The molecule has 1 saturated carbocycles. The van der Waals surface area contributed by atoms with Crippen LogP contribution in [0.5, 0.6) is 0 Å². The molecule has 7 heteroatoms. The highest BCUT2D eigenvalue weighted by molar-refractivity contribution is 5.84. The molecule has 0 heterocycles. The van der Waals surface area contributed by atoms with Gasteiger partial charge in [-0.15, -0.1) is 0 Å². The number of carbonyl (C=O) groups excluding carboxylic acids is 3. The number of amides is 2. The quantitative estimate of drug-likeness (QED) is 0.514. The molecule has 0 aromatic rings. The third kappa shape index (κ3) is 6.11. The second-order valence-electron chi connectivity index (χ2n) is 7.05. The number of carboxylic acids is 1. The summed E-state index contributed by atoms with van der Waals surface area (Å²) in [5.74, 6) is -1.43. The van der Waals surface area contributed by atoms with Gasteiger partial charge >= 0.3 is 0 Å². The van der Waals surface area contributed by atoms with E-state index in [1.54, 1.807) is 13.8 Å². The maximum atomic E-state index is 12.3. The van der Waals surface area contributed by atoms with Crippen LogP contribution in [0.2, 0.25) is 0 Å². The number of carboxylic acid groups (broad SMARTS) is 1. The Morgan fingerprint density at radius 1 is 1.17 bits per heavy atom. The summed E-state index contributed by atoms with van der Waals surface area (Å²) >= 11 is 0. The Labute approximate surface area is 143 Å². The van der Waals surface area contributed by atoms with Crippen molar-refractivity contribution in [3.05, 3.63) is 0 Å². The van der Waals surface area contributed by atoms with Crippen LogP contribution >= 0.6 is 0 Å². The van der Waals surface area contributed by atoms with E-state index in [0.717, 1.165) is 12.8 Å². The van der Waals surface area contributed by atoms with E-state index in [0.29, 0.717) is 31.7 Å². The number of carbonyl (C=O) groups is 3. The molecule has 0 bridgehead atoms. The van der Waals surface area contributed by atoms with Crippen LogP contribution in [0.25, 0.3) is 0 Å². The van der Waals surface area contributed by atoms with Gasteiger partial charge in [-0.3, -0.25) is 9.59 Å². The summed E-state index contributed by atoms with van der Waals surface area (Å²) in [4.78, 5) is 35.1. The minimum absolute atomic E-state index is 0.0554. The number of hydrogen-bond acceptors (Lipinski definition) is 4. The van der Waals surface area contributed by atoms with Gasteiger partial charge in [0.1, 0.15) is 0 Å². The summed E-state index contributed by atoms with van der Waals surface area (Å²) in [6.07, 6.45) is 3.79. The summed E-state index contributed by atoms with van der Waals surface area (Å²) in [7, 11) is 0. The van der Waals surface area contributed by atoms with Crippen molar-refractivity contribution in [3.63, 3.8) is 0 Å². The molecule has 1 aliphatic rings. The van der Waals surface area contributed by atoms with Crippen molar-refractivity contribution < 1.29 is 25.2 Å². The summed E-state index contributed by atoms with van der Waals surface area (Å²) in [6, 6.07) is -1.20. The van der Waals surface area contributed by atoms with Crippen LogP contribution in [0.1, 0.15) is 52.9 Å². The molecule has 0 unspecified atom stereocenters. The molecule has 1 fully saturated rings. The molecule has 1 aliphatic carbocycles. The maximum absolute atomic E-state index is 12.3. The monoisotopic (exact) mass is 341 g/mol. The predicted octanol–water partition coefficient (Wildman–Crippen LogP) is -1.18. The molecule has 24 heavy (non-hydrogen) atoms. The summed E-state index contributed by atoms with van der Waals surface area (Å²) in [5, 5.41) is 16.7. The van der Waals surface area contributed by atoms with Gasteiger partial charge in [0, 0.05) is 12.5 Å². The molecule has 1 rings (SSSR count). The molecule has 2 amide bonds. The SMILES string of the molecule is CC[C@@H](C)[C@H](NC(=O)C1CCC(CNC(=O)[C@@H](C)[NH3+])CC1)C(=O)[O-]. The normalized spacial score (nSPS) is 24.5. The van der Waals surface area contributed by atoms with Gasteiger partial charge in [0.15, 0.2) is 6.04 Å². The van der Waals surface area contributed by atoms with E-state index in [1.807, 2.05) is 6.92 Å². The van der Waals surface area contributed by atoms with Crippen LogP contribution in [-0.4, -0.2) is 36.4 Å². The maximum Gasteiger partial charge on any atom is 0.277 e. The third-order valence-electron chi connectivity index (χ3n) is 4.99. The molecule has 5 N–H and O–H groups in total. The average Bonchev–Trinajstić information content (AvgIpc) is 2.56. The fourth-order valence-electron chi connectivity index (χ4n) is 2.99. The van der Waals surface area contributed by atoms with Crippen molar-refractivity contribution in [3.8, 4) is 0 Å². The Morgan fingerprint density at radius 3 is 2.21 bits per heavy atom. The van der Waals surface area contributed by atoms with E-state index < -0.39 is 12.0 Å². The van der Waals surface area contributed by atoms with E-state index in [-0.39, 0.29) is 29.7 Å². The van der Waals surface area contributed by atoms with Crippen LogP contribution in [0.4, 0.5) is 0 Å². The number of quaternary nitrogens is 1. The van der Waals surface area contributed by atoms with Gasteiger partial charge in [-0.2, -0.15) is 0 Å². The number of nitrogens with one attached hydrogen (secondary N) is 2. The standard InChI is InChI=1S/C17H31N3O4/c1-4-10(2)14(17(23)24)20-16(22)13-7-5-12(6-8-13)9-19-15(21)11(3)18/h10-14H,4-9,18H2,1-3H3,(H,19,21)(H,20,22)(H,23,24)/t10-,11-,12?,13?,14+/m1/s1. The zero-order valence-corrected chi connectivity index (χ0v) is 15.0. The van der Waals surface area contributed by atoms with Gasteiger partial charge in [0.2, 0.25) is 5.91 Å². The van der Waals surface area contributed by atoms with E-state index in [2.05, 4.69) is 16.4 Å². The zero-order valence-electron chi connectivity index (χ0n) is 15.0. The van der Waals surface area contributed by atoms with Crippen molar-refractivity contribution in [2.75, 3.05) is 6.54 Å². The lowest BCUT2D eigenvalue weighted by Crippen LogP contribution is -2.66. The first-order valence-corrected chi connectivity index (χ1v) is 8.88. The Bertz CT molecular complexity index is 445. The molecule has 0 saturated heterocycles. The van der Waals surface area contributed by atoms with Gasteiger partial charge < -0.3 is 26.3 Å². The van der Waals surface area contributed by atoms with Crippen LogP contribution in [0, 0.1) is 17.8 Å². The molecular formula is C17H31N3O4. The highest BCUT2D eigenvalue weighted by atomic mass is 16.4. The molecule has 138 valence electrons. The van der Waals surface area contributed by atoms with Crippen molar-refractivity contribution in [1.29, 1.82) is 0 Å². The van der Waals surface area contributed by atoms with Gasteiger partial charge in [0.05, 0.1) is 12.0 Å². The van der Waals surface area contributed by atoms with Gasteiger partial charge in [0.25, 0.3) is 5.91 Å². The van der Waals surface area contributed by atoms with Crippen molar-refractivity contribution >= 4 is 17.8 Å². The Kier molecular flexibility index (Phi) is 8.18. The van der Waals surface area contributed by atoms with Gasteiger partial charge in [-0.25, -0.2) is 0 Å². The molecule has 0 radical (unpaired) electrons. The fourth-order valence-corrected chi connectivity index (χ4v) is 2.99. The molecule has 0 aromatic carbocycles. The molecule has 7 nitrogen and oxygen atoms in total. The molecule has 0 aromatic heterocycles. The van der Waals surface area contributed by atoms with Crippen molar-refractivity contribution in [1.82, 2.24) is 10.6 Å². The first-order valence-electron chi connectivity index (χ1n) is 8.88. The fraction of sp³-hybridized carbons (Fsp3) is 0.824. The van der Waals surface area contributed by atoms with Crippen molar-refractivity contribution in [2.45, 2.75) is 65.0 Å². The van der Waals surface area contributed by atoms with E-state index in [9.17, 15) is 19.5 Å². The van der Waals surface area contributed by atoms with Gasteiger partial charge in [-0.05, 0) is 44.4 Å². The lowest BCUT2D eigenvalue weighted by Gasteiger charge is -2.31. The lowest BCUT2D eigenvalue weighted by molar-refractivity contribution is -0.398. The highest BCUT2D eigenvalue weighted by Crippen LogP contribution is 2.28. The second kappa shape index (κ2) is 9.61. The summed E-state index contributed by atoms with van der Waals surface area (Å²) in [5.41, 5.74) is 3.68. The van der Waals surface area contributed by atoms with E-state index in [1.165, 1.54) is 0 Å². The minimum atomic E-state index is -1.23. The minimum Gasteiger partial charge on any atom is -0.548 e. The summed E-state index contributed by atoms with van der Waals surface area (Å²) < 4.78 is 0. The molecule has 0 spiro atoms. The highest BCUT2D eigenvalue weighted by Gasteiger charge is 2.29. The topological polar surface area (TPSA) is 126 Å². The Hall–Kier alpha value is -1.63. The molecular weight excluding hydrogens is 310 g/mol. The predicted molar refractivity (Wildman–Crippen MR) is 87.2 cm³/mol. The van der Waals surface area contributed by atoms with E-state index >= 15 is 0 Å². The lowest BCUT2D eigenvalue weighted by atomic mass is 9.81. The number of hydrogen-bond donors (Lipinski definition) is 3. The molecule has 0 aliphatic heterocycles. The molecule has 3 atom stereocenters. The second-order valence-corrected chi connectivity index (χ2v) is 7.05. The zero-order chi connectivity index (χ0) is 18.3. The number of rotatable bonds is 8. The smallest absolute Gasteiger partial charge is 0.277 e. The third-order valence-corrected chi connectivity index (χ3v) is 4.99. The Balaban J connectivity index is 2.42. The summed E-state index contributed by atoms with van der Waals surface area (Å²) in [6.45, 7) is 6.05. The first kappa shape index (κ1) is 20.4. The van der Waals surface area contributed by atoms with Crippen LogP contribution in [-0.2, 0) is 14.4 Å². The van der Waals surface area contributed by atoms with Crippen LogP contribution in [0.3, 0.4) is 0 Å². The van der Waals surface area contributed by atoms with Crippen LogP contribution < -0.4 is 21.5 Å². The Morgan fingerprint density at radius 2 is 1.75 bits per heavy atom. The average molecular weight is 341 g/mol. The van der Waals surface area contributed by atoms with Crippen molar-refractivity contribution in [2.24, 2.45) is 17.8 Å². The van der Waals surface area contributed by atoms with Gasteiger partial charge in [-0.1, -0.05) is 20.3 Å². The van der Waals surface area contributed by atoms with Crippen LogP contribution in [0.15, 0.2) is 0 Å². The first-order chi connectivity index (χ1) is 11.3. The van der Waals surface area contributed by atoms with E-state index in [4.69, 9.17) is 0 Å².